The second kappa shape index (κ2) is 8.39. The molecule has 0 unspecified atom stereocenters. The highest BCUT2D eigenvalue weighted by Crippen LogP contribution is 2.28. The Morgan fingerprint density at radius 3 is 2.22 bits per heavy atom. The van der Waals surface area contributed by atoms with Crippen LogP contribution in [0.15, 0.2) is 71.6 Å². The van der Waals surface area contributed by atoms with E-state index in [-0.39, 0.29) is 22.3 Å². The van der Waals surface area contributed by atoms with Crippen molar-refractivity contribution in [3.05, 3.63) is 83.4 Å². The number of para-hydroxylation sites is 2. The van der Waals surface area contributed by atoms with Crippen molar-refractivity contribution in [2.75, 3.05) is 10.0 Å². The van der Waals surface area contributed by atoms with E-state index >= 15 is 0 Å². The van der Waals surface area contributed by atoms with E-state index in [1.807, 2.05) is 25.1 Å². The fourth-order valence-corrected chi connectivity index (χ4v) is 4.63. The van der Waals surface area contributed by atoms with Crippen LogP contribution in [0.4, 0.5) is 17.3 Å². The number of fused-ring (bicyclic) bond motifs is 1. The van der Waals surface area contributed by atoms with Gasteiger partial charge in [0.05, 0.1) is 15.9 Å². The first-order chi connectivity index (χ1) is 15.2. The molecule has 1 aromatic heterocycles. The van der Waals surface area contributed by atoms with Gasteiger partial charge in [-0.15, -0.1) is 0 Å². The number of carbonyl (C=O) groups is 1. The monoisotopic (exact) mass is 446 g/mol. The highest BCUT2D eigenvalue weighted by Gasteiger charge is 2.21. The minimum absolute atomic E-state index is 0.0674. The van der Waals surface area contributed by atoms with Gasteiger partial charge in [-0.25, -0.2) is 18.4 Å². The molecular formula is C24H22N4O3S. The van der Waals surface area contributed by atoms with Gasteiger partial charge < -0.3 is 5.32 Å². The van der Waals surface area contributed by atoms with Crippen LogP contribution in [-0.4, -0.2) is 24.2 Å². The maximum Gasteiger partial charge on any atom is 0.263 e. The van der Waals surface area contributed by atoms with E-state index in [1.54, 1.807) is 55.5 Å². The maximum absolute atomic E-state index is 13.2. The molecule has 0 saturated heterocycles. The summed E-state index contributed by atoms with van der Waals surface area (Å²) in [5, 5.41) is 3.11. The molecule has 0 aliphatic heterocycles. The van der Waals surface area contributed by atoms with Crippen molar-refractivity contribution in [1.82, 2.24) is 9.97 Å². The number of hydrogen-bond donors (Lipinski definition) is 2. The molecule has 0 aliphatic rings. The summed E-state index contributed by atoms with van der Waals surface area (Å²) >= 11 is 0. The van der Waals surface area contributed by atoms with Gasteiger partial charge in [0, 0.05) is 11.3 Å². The van der Waals surface area contributed by atoms with Crippen LogP contribution in [0.2, 0.25) is 0 Å². The van der Waals surface area contributed by atoms with Crippen LogP contribution < -0.4 is 10.0 Å². The Kier molecular flexibility index (Phi) is 5.63. The summed E-state index contributed by atoms with van der Waals surface area (Å²) in [5.74, 6) is 0.227. The lowest BCUT2D eigenvalue weighted by atomic mass is 10.1. The molecule has 0 aliphatic carbocycles. The van der Waals surface area contributed by atoms with E-state index in [0.29, 0.717) is 27.8 Å². The molecule has 4 aromatic rings. The number of aromatic nitrogens is 2. The van der Waals surface area contributed by atoms with E-state index < -0.39 is 10.0 Å². The summed E-state index contributed by atoms with van der Waals surface area (Å²) in [6, 6.07) is 19.4. The summed E-state index contributed by atoms with van der Waals surface area (Å²) < 4.78 is 29.0. The van der Waals surface area contributed by atoms with E-state index in [9.17, 15) is 13.2 Å². The standard InChI is InChI=1S/C24H22N4O3S/c1-15-11-12-16(2)22(13-15)32(30,31)28-24-23(26-20-9-4-5-10-21(20)27-24)25-19-8-6-7-18(14-19)17(3)29/h4-14H,1-3H3,(H,25,26)(H,27,28). The molecule has 0 bridgehead atoms. The Labute approximate surface area is 186 Å². The number of Topliss-reactive ketones (excluding diaryl/α,β-unsaturated/α-hetero) is 1. The average Bonchev–Trinajstić information content (AvgIpc) is 2.75. The van der Waals surface area contributed by atoms with Gasteiger partial charge in [0.2, 0.25) is 0 Å². The van der Waals surface area contributed by atoms with Crippen molar-refractivity contribution >= 4 is 44.2 Å². The van der Waals surface area contributed by atoms with E-state index in [4.69, 9.17) is 0 Å². The van der Waals surface area contributed by atoms with Gasteiger partial charge in [-0.1, -0.05) is 36.4 Å². The van der Waals surface area contributed by atoms with Crippen molar-refractivity contribution in [3.63, 3.8) is 0 Å². The third kappa shape index (κ3) is 4.45. The zero-order valence-electron chi connectivity index (χ0n) is 17.9. The SMILES string of the molecule is CC(=O)c1cccc(Nc2nc3ccccc3nc2NS(=O)(=O)c2cc(C)ccc2C)c1. The van der Waals surface area contributed by atoms with E-state index in [0.717, 1.165) is 5.56 Å². The summed E-state index contributed by atoms with van der Waals surface area (Å²) in [5.41, 5.74) is 3.73. The lowest BCUT2D eigenvalue weighted by Gasteiger charge is -2.15. The minimum Gasteiger partial charge on any atom is -0.337 e. The number of anilines is 3. The number of carbonyl (C=O) groups excluding carboxylic acids is 1. The van der Waals surface area contributed by atoms with Gasteiger partial charge in [-0.05, 0) is 62.2 Å². The highest BCUT2D eigenvalue weighted by atomic mass is 32.2. The number of benzene rings is 3. The van der Waals surface area contributed by atoms with Crippen molar-refractivity contribution in [2.24, 2.45) is 0 Å². The molecule has 2 N–H and O–H groups in total. The predicted molar refractivity (Wildman–Crippen MR) is 126 cm³/mol. The summed E-state index contributed by atoms with van der Waals surface area (Å²) in [7, 11) is -3.92. The molecule has 32 heavy (non-hydrogen) atoms. The van der Waals surface area contributed by atoms with Crippen molar-refractivity contribution < 1.29 is 13.2 Å². The fourth-order valence-electron chi connectivity index (χ4n) is 3.29. The summed E-state index contributed by atoms with van der Waals surface area (Å²) in [6.45, 7) is 5.06. The molecule has 8 heteroatoms. The number of hydrogen-bond acceptors (Lipinski definition) is 6. The first kappa shape index (κ1) is 21.5. The maximum atomic E-state index is 13.2. The third-order valence-corrected chi connectivity index (χ3v) is 6.45. The van der Waals surface area contributed by atoms with E-state index in [1.165, 1.54) is 6.92 Å². The van der Waals surface area contributed by atoms with Crippen LogP contribution >= 0.6 is 0 Å². The van der Waals surface area contributed by atoms with Gasteiger partial charge in [-0.3, -0.25) is 9.52 Å². The second-order valence-corrected chi connectivity index (χ2v) is 9.20. The number of rotatable bonds is 6. The Hall–Kier alpha value is -3.78. The molecule has 0 fully saturated rings. The third-order valence-electron chi connectivity index (χ3n) is 4.97. The smallest absolute Gasteiger partial charge is 0.263 e. The zero-order chi connectivity index (χ0) is 22.9. The Bertz CT molecular complexity index is 1450. The van der Waals surface area contributed by atoms with Crippen LogP contribution in [0.1, 0.15) is 28.4 Å². The normalized spacial score (nSPS) is 11.3. The topological polar surface area (TPSA) is 101 Å². The number of nitrogens with zero attached hydrogens (tertiary/aromatic N) is 2. The highest BCUT2D eigenvalue weighted by molar-refractivity contribution is 7.92. The molecule has 4 rings (SSSR count). The molecule has 0 spiro atoms. The zero-order valence-corrected chi connectivity index (χ0v) is 18.7. The minimum atomic E-state index is -3.92. The summed E-state index contributed by atoms with van der Waals surface area (Å²) in [4.78, 5) is 21.0. The van der Waals surface area contributed by atoms with Crippen LogP contribution in [0.3, 0.4) is 0 Å². The lowest BCUT2D eigenvalue weighted by Crippen LogP contribution is -2.17. The molecule has 7 nitrogen and oxygen atoms in total. The van der Waals surface area contributed by atoms with Crippen LogP contribution in [0, 0.1) is 13.8 Å². The molecule has 0 radical (unpaired) electrons. The molecule has 0 saturated carbocycles. The Morgan fingerprint density at radius 1 is 0.844 bits per heavy atom. The van der Waals surface area contributed by atoms with Gasteiger partial charge in [-0.2, -0.15) is 0 Å². The lowest BCUT2D eigenvalue weighted by molar-refractivity contribution is 0.101. The first-order valence-corrected chi connectivity index (χ1v) is 11.5. The Balaban J connectivity index is 1.80. The molecule has 0 amide bonds. The predicted octanol–water partition coefficient (Wildman–Crippen LogP) is 4.99. The van der Waals surface area contributed by atoms with Gasteiger partial charge in [0.15, 0.2) is 17.4 Å². The van der Waals surface area contributed by atoms with Gasteiger partial charge >= 0.3 is 0 Å². The van der Waals surface area contributed by atoms with Crippen molar-refractivity contribution in [1.29, 1.82) is 0 Å². The number of aryl methyl sites for hydroxylation is 2. The van der Waals surface area contributed by atoms with Crippen LogP contribution in [-0.2, 0) is 10.0 Å². The van der Waals surface area contributed by atoms with E-state index in [2.05, 4.69) is 20.0 Å². The molecule has 0 atom stereocenters. The molecule has 3 aromatic carbocycles. The molecule has 162 valence electrons. The molecular weight excluding hydrogens is 424 g/mol. The second-order valence-electron chi connectivity index (χ2n) is 7.55. The number of nitrogens with one attached hydrogen (secondary N) is 2. The van der Waals surface area contributed by atoms with Crippen LogP contribution in [0.5, 0.6) is 0 Å². The van der Waals surface area contributed by atoms with Gasteiger partial charge in [0.1, 0.15) is 0 Å². The largest absolute Gasteiger partial charge is 0.337 e. The quantitative estimate of drug-likeness (QED) is 0.405. The summed E-state index contributed by atoms with van der Waals surface area (Å²) in [6.07, 6.45) is 0. The van der Waals surface area contributed by atoms with Crippen molar-refractivity contribution in [3.8, 4) is 0 Å². The van der Waals surface area contributed by atoms with Crippen LogP contribution in [0.25, 0.3) is 11.0 Å². The van der Waals surface area contributed by atoms with Gasteiger partial charge in [0.25, 0.3) is 10.0 Å². The first-order valence-electron chi connectivity index (χ1n) is 9.98. The van der Waals surface area contributed by atoms with Crippen molar-refractivity contribution in [2.45, 2.75) is 25.7 Å². The fraction of sp³-hybridized carbons (Fsp3) is 0.125. The number of sulfonamides is 1. The number of ketones is 1. The molecule has 1 heterocycles. The Morgan fingerprint density at radius 2 is 1.53 bits per heavy atom. The average molecular weight is 447 g/mol.